The van der Waals surface area contributed by atoms with Gasteiger partial charge in [-0.05, 0) is 59.7 Å². The molecule has 0 saturated carbocycles. The van der Waals surface area contributed by atoms with Crippen molar-refractivity contribution in [1.82, 2.24) is 15.3 Å². The standard InChI is InChI=1S/C23H19N3O2/c27-23(20-5-8-22-19(14-20)2-1-11-25-22)26-15-17-3-6-21(7-4-17)28-16-18-9-12-24-13-10-18/h1-14H,15-16H2,(H,26,27). The third-order valence-electron chi connectivity index (χ3n) is 4.40. The Morgan fingerprint density at radius 3 is 2.54 bits per heavy atom. The van der Waals surface area contributed by atoms with Gasteiger partial charge in [0, 0.05) is 36.1 Å². The van der Waals surface area contributed by atoms with Gasteiger partial charge in [-0.25, -0.2) is 0 Å². The van der Waals surface area contributed by atoms with Crippen molar-refractivity contribution >= 4 is 16.8 Å². The van der Waals surface area contributed by atoms with Crippen molar-refractivity contribution in [3.63, 3.8) is 0 Å². The first-order chi connectivity index (χ1) is 13.8. The zero-order valence-corrected chi connectivity index (χ0v) is 15.2. The molecular formula is C23H19N3O2. The van der Waals surface area contributed by atoms with Crippen LogP contribution in [0.3, 0.4) is 0 Å². The summed E-state index contributed by atoms with van der Waals surface area (Å²) in [6.45, 7) is 0.948. The summed E-state index contributed by atoms with van der Waals surface area (Å²) in [5, 5.41) is 3.90. The average Bonchev–Trinajstić information content (AvgIpc) is 2.77. The smallest absolute Gasteiger partial charge is 0.251 e. The van der Waals surface area contributed by atoms with E-state index in [2.05, 4.69) is 15.3 Å². The quantitative estimate of drug-likeness (QED) is 0.555. The van der Waals surface area contributed by atoms with E-state index in [-0.39, 0.29) is 5.91 Å². The molecule has 0 spiro atoms. The number of aromatic nitrogens is 2. The minimum Gasteiger partial charge on any atom is -0.489 e. The Hall–Kier alpha value is -3.73. The molecule has 0 radical (unpaired) electrons. The van der Waals surface area contributed by atoms with E-state index in [1.807, 2.05) is 60.7 Å². The van der Waals surface area contributed by atoms with Gasteiger partial charge in [-0.3, -0.25) is 14.8 Å². The van der Waals surface area contributed by atoms with Gasteiger partial charge in [0.25, 0.3) is 5.91 Å². The molecule has 0 atom stereocenters. The number of rotatable bonds is 6. The molecule has 0 fully saturated rings. The van der Waals surface area contributed by atoms with Gasteiger partial charge in [-0.15, -0.1) is 0 Å². The number of nitrogens with one attached hydrogen (secondary N) is 1. The number of pyridine rings is 2. The number of carbonyl (C=O) groups excluding carboxylic acids is 1. The molecule has 1 amide bonds. The summed E-state index contributed by atoms with van der Waals surface area (Å²) in [6, 6.07) is 20.9. The number of nitrogens with zero attached hydrogens (tertiary/aromatic N) is 2. The molecule has 0 bridgehead atoms. The molecule has 2 aromatic carbocycles. The normalized spacial score (nSPS) is 10.6. The van der Waals surface area contributed by atoms with Crippen LogP contribution in [0, 0.1) is 0 Å². The van der Waals surface area contributed by atoms with E-state index in [0.29, 0.717) is 18.7 Å². The lowest BCUT2D eigenvalue weighted by Crippen LogP contribution is -2.22. The summed E-state index contributed by atoms with van der Waals surface area (Å²) in [5.41, 5.74) is 3.57. The van der Waals surface area contributed by atoms with Crippen LogP contribution in [0.25, 0.3) is 10.9 Å². The Morgan fingerprint density at radius 1 is 0.893 bits per heavy atom. The molecule has 4 rings (SSSR count). The summed E-state index contributed by atoms with van der Waals surface area (Å²) in [4.78, 5) is 20.7. The first-order valence-corrected chi connectivity index (χ1v) is 9.01. The molecule has 0 saturated heterocycles. The maximum absolute atomic E-state index is 12.4. The fraction of sp³-hybridized carbons (Fsp3) is 0.0870. The topological polar surface area (TPSA) is 64.1 Å². The Balaban J connectivity index is 1.33. The van der Waals surface area contributed by atoms with Gasteiger partial charge >= 0.3 is 0 Å². The number of hydrogen-bond acceptors (Lipinski definition) is 4. The van der Waals surface area contributed by atoms with E-state index in [9.17, 15) is 4.79 Å². The van der Waals surface area contributed by atoms with Crippen LogP contribution < -0.4 is 10.1 Å². The highest BCUT2D eigenvalue weighted by molar-refractivity contribution is 5.97. The van der Waals surface area contributed by atoms with Crippen molar-refractivity contribution in [2.75, 3.05) is 0 Å². The molecular weight excluding hydrogens is 350 g/mol. The molecule has 5 nitrogen and oxygen atoms in total. The summed E-state index contributed by atoms with van der Waals surface area (Å²) in [7, 11) is 0. The molecule has 2 heterocycles. The second-order valence-corrected chi connectivity index (χ2v) is 6.38. The second kappa shape index (κ2) is 8.31. The van der Waals surface area contributed by atoms with E-state index in [4.69, 9.17) is 4.74 Å². The molecule has 0 unspecified atom stereocenters. The largest absolute Gasteiger partial charge is 0.489 e. The van der Waals surface area contributed by atoms with Gasteiger partial charge in [-0.1, -0.05) is 18.2 Å². The number of carbonyl (C=O) groups is 1. The van der Waals surface area contributed by atoms with E-state index in [1.165, 1.54) is 0 Å². The highest BCUT2D eigenvalue weighted by Crippen LogP contribution is 2.15. The number of ether oxygens (including phenoxy) is 1. The van der Waals surface area contributed by atoms with Crippen LogP contribution in [-0.4, -0.2) is 15.9 Å². The molecule has 4 aromatic rings. The Labute approximate surface area is 163 Å². The predicted octanol–water partition coefficient (Wildman–Crippen LogP) is 4.14. The molecule has 28 heavy (non-hydrogen) atoms. The van der Waals surface area contributed by atoms with Gasteiger partial charge in [0.1, 0.15) is 12.4 Å². The molecule has 138 valence electrons. The highest BCUT2D eigenvalue weighted by atomic mass is 16.5. The van der Waals surface area contributed by atoms with Gasteiger partial charge in [-0.2, -0.15) is 0 Å². The van der Waals surface area contributed by atoms with Crippen molar-refractivity contribution < 1.29 is 9.53 Å². The Kier molecular flexibility index (Phi) is 5.24. The van der Waals surface area contributed by atoms with Crippen LogP contribution in [0.5, 0.6) is 5.75 Å². The number of fused-ring (bicyclic) bond motifs is 1. The fourth-order valence-corrected chi connectivity index (χ4v) is 2.85. The zero-order valence-electron chi connectivity index (χ0n) is 15.2. The third-order valence-corrected chi connectivity index (χ3v) is 4.40. The Morgan fingerprint density at radius 2 is 1.71 bits per heavy atom. The van der Waals surface area contributed by atoms with E-state index in [1.54, 1.807) is 24.7 Å². The zero-order chi connectivity index (χ0) is 19.2. The van der Waals surface area contributed by atoms with Crippen LogP contribution in [-0.2, 0) is 13.2 Å². The van der Waals surface area contributed by atoms with Crippen LogP contribution in [0.15, 0.2) is 85.3 Å². The fourth-order valence-electron chi connectivity index (χ4n) is 2.85. The summed E-state index contributed by atoms with van der Waals surface area (Å²) in [6.07, 6.45) is 5.24. The van der Waals surface area contributed by atoms with Crippen LogP contribution in [0.4, 0.5) is 0 Å². The van der Waals surface area contributed by atoms with Crippen LogP contribution in [0.2, 0.25) is 0 Å². The predicted molar refractivity (Wildman–Crippen MR) is 108 cm³/mol. The van der Waals surface area contributed by atoms with Gasteiger partial charge in [0.15, 0.2) is 0 Å². The van der Waals surface area contributed by atoms with Crippen LogP contribution in [0.1, 0.15) is 21.5 Å². The lowest BCUT2D eigenvalue weighted by atomic mass is 10.1. The lowest BCUT2D eigenvalue weighted by Gasteiger charge is -2.09. The van der Waals surface area contributed by atoms with Gasteiger partial charge in [0.2, 0.25) is 0 Å². The van der Waals surface area contributed by atoms with E-state index >= 15 is 0 Å². The average molecular weight is 369 g/mol. The lowest BCUT2D eigenvalue weighted by molar-refractivity contribution is 0.0951. The van der Waals surface area contributed by atoms with Crippen molar-refractivity contribution in [1.29, 1.82) is 0 Å². The van der Waals surface area contributed by atoms with Crippen molar-refractivity contribution in [3.8, 4) is 5.75 Å². The maximum Gasteiger partial charge on any atom is 0.251 e. The molecule has 2 aromatic heterocycles. The van der Waals surface area contributed by atoms with Crippen LogP contribution >= 0.6 is 0 Å². The third kappa shape index (κ3) is 4.32. The van der Waals surface area contributed by atoms with E-state index in [0.717, 1.165) is 27.8 Å². The summed E-state index contributed by atoms with van der Waals surface area (Å²) < 4.78 is 5.76. The number of hydrogen-bond donors (Lipinski definition) is 1. The molecule has 1 N–H and O–H groups in total. The Bertz CT molecular complexity index is 1080. The summed E-state index contributed by atoms with van der Waals surface area (Å²) >= 11 is 0. The minimum absolute atomic E-state index is 0.108. The summed E-state index contributed by atoms with van der Waals surface area (Å²) in [5.74, 6) is 0.678. The van der Waals surface area contributed by atoms with Crippen molar-refractivity contribution in [2.45, 2.75) is 13.2 Å². The van der Waals surface area contributed by atoms with Crippen molar-refractivity contribution in [3.05, 3.63) is 102 Å². The first kappa shape index (κ1) is 17.7. The maximum atomic E-state index is 12.4. The SMILES string of the molecule is O=C(NCc1ccc(OCc2ccncc2)cc1)c1ccc2ncccc2c1. The number of amides is 1. The first-order valence-electron chi connectivity index (χ1n) is 9.01. The monoisotopic (exact) mass is 369 g/mol. The minimum atomic E-state index is -0.108. The van der Waals surface area contributed by atoms with Crippen molar-refractivity contribution in [2.24, 2.45) is 0 Å². The molecule has 0 aliphatic carbocycles. The van der Waals surface area contributed by atoms with Gasteiger partial charge in [0.05, 0.1) is 5.52 Å². The molecule has 0 aliphatic heterocycles. The molecule has 0 aliphatic rings. The molecule has 5 heteroatoms. The van der Waals surface area contributed by atoms with E-state index < -0.39 is 0 Å². The highest BCUT2D eigenvalue weighted by Gasteiger charge is 2.07. The second-order valence-electron chi connectivity index (χ2n) is 6.38. The van der Waals surface area contributed by atoms with Gasteiger partial charge < -0.3 is 10.1 Å². The number of benzene rings is 2.